The molecule has 0 N–H and O–H groups in total. The Bertz CT molecular complexity index is 1610. The zero-order valence-corrected chi connectivity index (χ0v) is 28.6. The Balaban J connectivity index is 1.65. The molecule has 0 amide bonds. The molecule has 4 rings (SSSR count). The number of hydrogen-bond acceptors (Lipinski definition) is 2. The van der Waals surface area contributed by atoms with Crippen LogP contribution in [0.2, 0.25) is 0 Å². The van der Waals surface area contributed by atoms with Gasteiger partial charge in [-0.2, -0.15) is 0 Å². The van der Waals surface area contributed by atoms with Gasteiger partial charge in [-0.05, 0) is 83.3 Å². The molecule has 0 atom stereocenters. The Hall–Kier alpha value is -4.04. The molecular weight excluding hydrogens is 532 g/mol. The highest BCUT2D eigenvalue weighted by Gasteiger charge is 2.29. The van der Waals surface area contributed by atoms with E-state index >= 15 is 0 Å². The lowest BCUT2D eigenvalue weighted by Crippen LogP contribution is -2.26. The molecule has 0 unspecified atom stereocenters. The Morgan fingerprint density at radius 3 is 1.98 bits per heavy atom. The number of hydrogen-bond donors (Lipinski definition) is 0. The monoisotopic (exact) mass is 584 g/mol. The van der Waals surface area contributed by atoms with Gasteiger partial charge in [0.05, 0.1) is 0 Å². The number of aryl methyl sites for hydroxylation is 2. The second-order valence-corrected chi connectivity index (χ2v) is 13.7. The lowest BCUT2D eigenvalue weighted by atomic mass is 9.73. The summed E-state index contributed by atoms with van der Waals surface area (Å²) in [5.74, 6) is 0.376. The number of anilines is 2. The summed E-state index contributed by atoms with van der Waals surface area (Å²) in [6.07, 6.45) is 11.1. The van der Waals surface area contributed by atoms with Gasteiger partial charge < -0.3 is 9.80 Å². The molecule has 3 aromatic carbocycles. The molecule has 2 nitrogen and oxygen atoms in total. The maximum Gasteiger partial charge on any atom is 0.0473 e. The van der Waals surface area contributed by atoms with E-state index in [1.54, 1.807) is 6.08 Å². The highest BCUT2D eigenvalue weighted by molar-refractivity contribution is 5.67. The van der Waals surface area contributed by atoms with Gasteiger partial charge in [0, 0.05) is 47.2 Å². The van der Waals surface area contributed by atoms with Crippen LogP contribution in [0.15, 0.2) is 116 Å². The van der Waals surface area contributed by atoms with E-state index in [-0.39, 0.29) is 10.8 Å². The lowest BCUT2D eigenvalue weighted by molar-refractivity contribution is 0.624. The van der Waals surface area contributed by atoms with Crippen molar-refractivity contribution in [2.45, 2.75) is 78.6 Å². The van der Waals surface area contributed by atoms with Crippen LogP contribution in [-0.2, 0) is 10.8 Å². The van der Waals surface area contributed by atoms with Crippen LogP contribution in [0.3, 0.4) is 0 Å². The fourth-order valence-corrected chi connectivity index (χ4v) is 6.42. The zero-order valence-electron chi connectivity index (χ0n) is 28.6. The van der Waals surface area contributed by atoms with E-state index in [1.807, 2.05) is 12.2 Å². The first-order valence-electron chi connectivity index (χ1n) is 15.9. The van der Waals surface area contributed by atoms with E-state index in [0.29, 0.717) is 5.92 Å². The topological polar surface area (TPSA) is 6.48 Å². The van der Waals surface area contributed by atoms with E-state index in [4.69, 9.17) is 0 Å². The van der Waals surface area contributed by atoms with Gasteiger partial charge in [-0.3, -0.25) is 0 Å². The van der Waals surface area contributed by atoms with Gasteiger partial charge in [-0.25, -0.2) is 0 Å². The van der Waals surface area contributed by atoms with Gasteiger partial charge in [-0.15, -0.1) is 0 Å². The van der Waals surface area contributed by atoms with Crippen molar-refractivity contribution in [3.63, 3.8) is 0 Å². The summed E-state index contributed by atoms with van der Waals surface area (Å²) in [7, 11) is 2.10. The molecule has 1 aliphatic rings. The zero-order chi connectivity index (χ0) is 32.4. The Morgan fingerprint density at radius 2 is 1.43 bits per heavy atom. The third-order valence-electron chi connectivity index (χ3n) is 9.58. The van der Waals surface area contributed by atoms with Gasteiger partial charge in [-0.1, -0.05) is 128 Å². The van der Waals surface area contributed by atoms with Crippen molar-refractivity contribution in [3.8, 4) is 0 Å². The molecule has 0 fully saturated rings. The van der Waals surface area contributed by atoms with Crippen molar-refractivity contribution in [1.29, 1.82) is 0 Å². The van der Waals surface area contributed by atoms with Crippen molar-refractivity contribution in [3.05, 3.63) is 155 Å². The average Bonchev–Trinajstić information content (AvgIpc) is 2.99. The molecule has 0 aromatic heterocycles. The van der Waals surface area contributed by atoms with Crippen LogP contribution in [-0.4, -0.2) is 13.6 Å². The first-order valence-corrected chi connectivity index (χ1v) is 15.9. The fourth-order valence-electron chi connectivity index (χ4n) is 6.42. The summed E-state index contributed by atoms with van der Waals surface area (Å²) in [5.41, 5.74) is 13.4. The summed E-state index contributed by atoms with van der Waals surface area (Å²) in [4.78, 5) is 4.53. The molecule has 1 heterocycles. The molecule has 0 radical (unpaired) electrons. The standard InChI is InChI=1S/C42H52N2/c1-13-14-17-32(6)43(12)40-31(5)27-37(28-38(40)29(2)3)42(10,11)35-21-19-34(20-22-35)41(8,9)36-23-24-39(30(4)26-36)44-25-16-15-18-33(44)7/h13-15,17-24,26-29H,1,6-7,16,25H2,2-5,8-12H3/b17-14-. The fraction of sp³-hybridized carbons (Fsp3) is 0.333. The minimum Gasteiger partial charge on any atom is -0.345 e. The molecule has 2 heteroatoms. The first-order chi connectivity index (χ1) is 20.7. The van der Waals surface area contributed by atoms with E-state index in [9.17, 15) is 0 Å². The van der Waals surface area contributed by atoms with Crippen molar-refractivity contribution in [2.75, 3.05) is 23.4 Å². The predicted octanol–water partition coefficient (Wildman–Crippen LogP) is 11.1. The van der Waals surface area contributed by atoms with Crippen LogP contribution in [0.5, 0.6) is 0 Å². The van der Waals surface area contributed by atoms with Crippen LogP contribution in [0.25, 0.3) is 0 Å². The van der Waals surface area contributed by atoms with Crippen LogP contribution in [0.4, 0.5) is 11.4 Å². The van der Waals surface area contributed by atoms with E-state index in [1.165, 1.54) is 50.3 Å². The highest BCUT2D eigenvalue weighted by Crippen LogP contribution is 2.41. The van der Waals surface area contributed by atoms with Gasteiger partial charge >= 0.3 is 0 Å². The van der Waals surface area contributed by atoms with E-state index in [2.05, 4.69) is 159 Å². The summed E-state index contributed by atoms with van der Waals surface area (Å²) in [6, 6.07) is 21.0. The van der Waals surface area contributed by atoms with Crippen molar-refractivity contribution >= 4 is 11.4 Å². The Labute approximate surface area is 267 Å². The lowest BCUT2D eigenvalue weighted by Gasteiger charge is -2.33. The SMILES string of the molecule is C=C/C=C\C(=C)N(C)c1c(C)cc(C(C)(C)c2ccc(C(C)(C)c3ccc(N4CCC=CC4=C)c(C)c3)cc2)cc1C(C)C. The smallest absolute Gasteiger partial charge is 0.0473 e. The predicted molar refractivity (Wildman–Crippen MR) is 194 cm³/mol. The average molecular weight is 585 g/mol. The number of rotatable bonds is 10. The van der Waals surface area contributed by atoms with Crippen LogP contribution < -0.4 is 9.80 Å². The van der Waals surface area contributed by atoms with Gasteiger partial charge in [0.1, 0.15) is 0 Å². The molecule has 0 aliphatic carbocycles. The van der Waals surface area contributed by atoms with Gasteiger partial charge in [0.15, 0.2) is 0 Å². The molecule has 0 saturated carbocycles. The molecule has 0 saturated heterocycles. The third kappa shape index (κ3) is 6.41. The Morgan fingerprint density at radius 1 is 0.864 bits per heavy atom. The highest BCUT2D eigenvalue weighted by atomic mass is 15.1. The molecule has 3 aromatic rings. The van der Waals surface area contributed by atoms with Crippen LogP contribution in [0, 0.1) is 13.8 Å². The van der Waals surface area contributed by atoms with Gasteiger partial charge in [0.25, 0.3) is 0 Å². The second kappa shape index (κ2) is 12.9. The molecule has 0 bridgehead atoms. The van der Waals surface area contributed by atoms with Crippen molar-refractivity contribution in [1.82, 2.24) is 0 Å². The first kappa shape index (κ1) is 32.9. The van der Waals surface area contributed by atoms with Crippen LogP contribution in [0.1, 0.15) is 92.8 Å². The number of nitrogens with zero attached hydrogens (tertiary/aromatic N) is 2. The summed E-state index contributed by atoms with van der Waals surface area (Å²) >= 11 is 0. The van der Waals surface area contributed by atoms with Gasteiger partial charge in [0.2, 0.25) is 0 Å². The number of benzene rings is 3. The molecule has 44 heavy (non-hydrogen) atoms. The maximum absolute atomic E-state index is 4.30. The summed E-state index contributed by atoms with van der Waals surface area (Å²) < 4.78 is 0. The van der Waals surface area contributed by atoms with Crippen molar-refractivity contribution < 1.29 is 0 Å². The normalized spacial score (nSPS) is 14.0. The van der Waals surface area contributed by atoms with Crippen LogP contribution >= 0.6 is 0 Å². The molecule has 0 spiro atoms. The molecule has 230 valence electrons. The maximum atomic E-state index is 4.30. The number of likely N-dealkylation sites (N-methyl/N-ethyl adjacent to an activating group) is 1. The minimum absolute atomic E-state index is 0.124. The second-order valence-electron chi connectivity index (χ2n) is 13.7. The summed E-state index contributed by atoms with van der Waals surface area (Å²) in [6.45, 7) is 31.7. The third-order valence-corrected chi connectivity index (χ3v) is 9.58. The molecular formula is C42H52N2. The summed E-state index contributed by atoms with van der Waals surface area (Å²) in [5, 5.41) is 0. The largest absolute Gasteiger partial charge is 0.345 e. The Kier molecular flexibility index (Phi) is 9.64. The van der Waals surface area contributed by atoms with E-state index < -0.39 is 0 Å². The van der Waals surface area contributed by atoms with E-state index in [0.717, 1.165) is 24.4 Å². The quantitative estimate of drug-likeness (QED) is 0.219. The minimum atomic E-state index is -0.155. The van der Waals surface area contributed by atoms with Crippen molar-refractivity contribution in [2.24, 2.45) is 0 Å². The molecule has 1 aliphatic heterocycles. The number of allylic oxidation sites excluding steroid dienone is 4.